The van der Waals surface area contributed by atoms with Crippen LogP contribution in [0.3, 0.4) is 0 Å². The summed E-state index contributed by atoms with van der Waals surface area (Å²) in [6, 6.07) is 0. The first-order valence-corrected chi connectivity index (χ1v) is 17.2. The summed E-state index contributed by atoms with van der Waals surface area (Å²) in [4.78, 5) is 0. The van der Waals surface area contributed by atoms with Crippen LogP contribution in [0.5, 0.6) is 0 Å². The zero-order valence-corrected chi connectivity index (χ0v) is 23.8. The zero-order chi connectivity index (χ0) is 22.1. The Morgan fingerprint density at radius 2 is 0.552 bits per heavy atom. The second-order valence-electron chi connectivity index (χ2n) is 8.47. The molecule has 0 bridgehead atoms. The predicted molar refractivity (Wildman–Crippen MR) is 126 cm³/mol. The maximum atomic E-state index is 6.54. The molecule has 176 valence electrons. The summed E-state index contributed by atoms with van der Waals surface area (Å²) in [6.07, 6.45) is 8.92. The van der Waals surface area contributed by atoms with E-state index >= 15 is 0 Å². The summed E-state index contributed by atoms with van der Waals surface area (Å²) in [5.41, 5.74) is 0. The molecule has 0 aliphatic heterocycles. The van der Waals surface area contributed by atoms with Crippen LogP contribution in [0.1, 0.15) is 107 Å². The quantitative estimate of drug-likeness (QED) is 0.158. The van der Waals surface area contributed by atoms with Gasteiger partial charge in [-0.15, -0.1) is 0 Å². The van der Waals surface area contributed by atoms with Crippen molar-refractivity contribution in [2.45, 2.75) is 107 Å². The average molecular weight is 523 g/mol. The Labute approximate surface area is 188 Å². The molecule has 0 saturated heterocycles. The van der Waals surface area contributed by atoms with Crippen molar-refractivity contribution in [1.29, 1.82) is 0 Å². The summed E-state index contributed by atoms with van der Waals surface area (Å²) in [5, 5.41) is 0. The van der Waals surface area contributed by atoms with E-state index in [1.54, 1.807) is 0 Å². The molecule has 0 aromatic heterocycles. The Bertz CT molecular complexity index is 281. The molecule has 0 unspecified atom stereocenters. The van der Waals surface area contributed by atoms with Crippen LogP contribution in [0, 0.1) is 23.7 Å². The fourth-order valence-electron chi connectivity index (χ4n) is 3.23. The topological polar surface area (TPSA) is 36.9 Å². The van der Waals surface area contributed by atoms with Crippen LogP contribution in [0.25, 0.3) is 0 Å². The van der Waals surface area contributed by atoms with Gasteiger partial charge in [-0.05, 0) is 0 Å². The molecule has 0 aliphatic carbocycles. The summed E-state index contributed by atoms with van der Waals surface area (Å²) in [7, 11) is 0. The van der Waals surface area contributed by atoms with Gasteiger partial charge in [0.05, 0.1) is 0 Å². The molecule has 0 fully saturated rings. The Morgan fingerprint density at radius 3 is 0.690 bits per heavy atom. The molecule has 0 spiro atoms. The molecule has 0 N–H and O–H groups in total. The van der Waals surface area contributed by atoms with Crippen molar-refractivity contribution in [1.82, 2.24) is 0 Å². The van der Waals surface area contributed by atoms with E-state index in [4.69, 9.17) is 12.3 Å². The second-order valence-corrected chi connectivity index (χ2v) is 14.6. The van der Waals surface area contributed by atoms with Gasteiger partial charge in [0.2, 0.25) is 0 Å². The number of hydrogen-bond acceptors (Lipinski definition) is 4. The molecule has 5 heteroatoms. The summed E-state index contributed by atoms with van der Waals surface area (Å²) in [5.74, 6) is 2.15. The fraction of sp³-hybridized carbons (Fsp3) is 1.00. The standard InChI is InChI=1S/4C6H13O.Sn/c4*1-3-6(4-2)5-7;/h4*6H,3-5H2,1-2H3;/q4*-1;+4. The molecule has 0 saturated carbocycles. The third-order valence-electron chi connectivity index (χ3n) is 6.60. The summed E-state index contributed by atoms with van der Waals surface area (Å²) in [6.45, 7) is 20.6. The van der Waals surface area contributed by atoms with Crippen molar-refractivity contribution in [3.8, 4) is 0 Å². The first-order chi connectivity index (χ1) is 14.0. The van der Waals surface area contributed by atoms with E-state index in [1.165, 1.54) is 0 Å². The summed E-state index contributed by atoms with van der Waals surface area (Å²) < 4.78 is 26.1. The third-order valence-corrected chi connectivity index (χ3v) is 12.5. The van der Waals surface area contributed by atoms with Crippen LogP contribution in [-0.4, -0.2) is 46.5 Å². The van der Waals surface area contributed by atoms with Gasteiger partial charge in [-0.1, -0.05) is 0 Å². The van der Waals surface area contributed by atoms with Gasteiger partial charge in [0.15, 0.2) is 0 Å². The van der Waals surface area contributed by atoms with E-state index in [0.29, 0.717) is 50.1 Å². The van der Waals surface area contributed by atoms with Crippen LogP contribution < -0.4 is 0 Å². The van der Waals surface area contributed by atoms with E-state index in [9.17, 15) is 0 Å². The van der Waals surface area contributed by atoms with E-state index in [0.717, 1.165) is 51.4 Å². The molecule has 29 heavy (non-hydrogen) atoms. The van der Waals surface area contributed by atoms with Gasteiger partial charge in [-0.2, -0.15) is 0 Å². The SMILES string of the molecule is CCC(CC)C[O][Sn]([O]CC(CC)CC)([O]CC(CC)CC)[O]CC(CC)CC. The van der Waals surface area contributed by atoms with Crippen LogP contribution in [0.2, 0.25) is 0 Å². The molecule has 0 aliphatic rings. The fourth-order valence-corrected chi connectivity index (χ4v) is 9.68. The monoisotopic (exact) mass is 524 g/mol. The molecular weight excluding hydrogens is 471 g/mol. The van der Waals surface area contributed by atoms with Gasteiger partial charge in [0, 0.05) is 0 Å². The second kappa shape index (κ2) is 18.2. The van der Waals surface area contributed by atoms with Gasteiger partial charge in [0.25, 0.3) is 0 Å². The summed E-state index contributed by atoms with van der Waals surface area (Å²) >= 11 is -4.10. The first kappa shape index (κ1) is 29.6. The molecule has 0 radical (unpaired) electrons. The molecule has 4 nitrogen and oxygen atoms in total. The zero-order valence-electron chi connectivity index (χ0n) is 20.9. The minimum atomic E-state index is -4.10. The predicted octanol–water partition coefficient (Wildman–Crippen LogP) is 7.23. The molecule has 0 amide bonds. The molecule has 0 heterocycles. The Balaban J connectivity index is 5.46. The molecule has 0 rings (SSSR count). The minimum absolute atomic E-state index is 0.538. The molecule has 0 aromatic carbocycles. The van der Waals surface area contributed by atoms with Crippen LogP contribution in [-0.2, 0) is 12.3 Å². The normalized spacial score (nSPS) is 12.8. The average Bonchev–Trinajstić information content (AvgIpc) is 2.76. The van der Waals surface area contributed by atoms with Crippen molar-refractivity contribution >= 4 is 20.0 Å². The van der Waals surface area contributed by atoms with Crippen molar-refractivity contribution in [2.75, 3.05) is 26.4 Å². The van der Waals surface area contributed by atoms with Crippen molar-refractivity contribution in [2.24, 2.45) is 23.7 Å². The van der Waals surface area contributed by atoms with Gasteiger partial charge in [-0.25, -0.2) is 0 Å². The van der Waals surface area contributed by atoms with E-state index in [2.05, 4.69) is 55.4 Å². The Kier molecular flexibility index (Phi) is 18.6. The van der Waals surface area contributed by atoms with Crippen LogP contribution in [0.15, 0.2) is 0 Å². The van der Waals surface area contributed by atoms with Gasteiger partial charge in [-0.3, -0.25) is 0 Å². The molecule has 0 aromatic rings. The van der Waals surface area contributed by atoms with E-state index in [-0.39, 0.29) is 0 Å². The van der Waals surface area contributed by atoms with Gasteiger partial charge in [0.1, 0.15) is 0 Å². The Morgan fingerprint density at radius 1 is 0.379 bits per heavy atom. The van der Waals surface area contributed by atoms with Crippen LogP contribution in [0.4, 0.5) is 0 Å². The first-order valence-electron chi connectivity index (χ1n) is 12.5. The number of rotatable bonds is 20. The molecule has 0 atom stereocenters. The van der Waals surface area contributed by atoms with Gasteiger partial charge >= 0.3 is 189 Å². The van der Waals surface area contributed by atoms with Crippen LogP contribution >= 0.6 is 0 Å². The number of hydrogen-bond donors (Lipinski definition) is 0. The van der Waals surface area contributed by atoms with E-state index in [1.807, 2.05) is 0 Å². The van der Waals surface area contributed by atoms with Gasteiger partial charge < -0.3 is 0 Å². The third kappa shape index (κ3) is 12.3. The molecular formula is C24H52O4Sn. The van der Waals surface area contributed by atoms with E-state index < -0.39 is 20.0 Å². The van der Waals surface area contributed by atoms with Crippen molar-refractivity contribution < 1.29 is 12.3 Å². The van der Waals surface area contributed by atoms with Crippen molar-refractivity contribution in [3.05, 3.63) is 0 Å². The Hall–Kier alpha value is 0.639. The maximum absolute atomic E-state index is 6.54. The van der Waals surface area contributed by atoms with Crippen molar-refractivity contribution in [3.63, 3.8) is 0 Å².